The Bertz CT molecular complexity index is 1370. The average molecular weight is 703 g/mol. The molecule has 4 aromatic rings. The van der Waals surface area contributed by atoms with E-state index in [9.17, 15) is 34.4 Å². The Morgan fingerprint density at radius 3 is 1.20 bits per heavy atom. The van der Waals surface area contributed by atoms with E-state index in [2.05, 4.69) is 9.44 Å². The summed E-state index contributed by atoms with van der Waals surface area (Å²) in [5.41, 5.74) is 0.671. The van der Waals surface area contributed by atoms with Gasteiger partial charge in [0.05, 0.1) is 11.5 Å². The number of hydrogen-bond acceptors (Lipinski definition) is 4. The summed E-state index contributed by atoms with van der Waals surface area (Å²) in [6.07, 6.45) is 1.59. The molecular formula is C32H38F4N2O4S2Ti. The van der Waals surface area contributed by atoms with E-state index in [-0.39, 0.29) is 46.3 Å². The van der Waals surface area contributed by atoms with Gasteiger partial charge in [-0.1, -0.05) is 12.8 Å². The second-order valence-electron chi connectivity index (χ2n) is 9.02. The average Bonchev–Trinajstić information content (AvgIpc) is 3.76. The summed E-state index contributed by atoms with van der Waals surface area (Å²) < 4.78 is 100. The summed E-state index contributed by atoms with van der Waals surface area (Å²) >= 11 is 0. The Kier molecular flexibility index (Phi) is 22.3. The molecule has 0 aliphatic rings. The molecule has 2 N–H and O–H groups in total. The van der Waals surface area contributed by atoms with E-state index >= 15 is 0 Å². The standard InChI is InChI=1S/2C11H14F2NO2S.2C5H5.Ti/c2*1-2-17(15,16)14-7-3-4-9-5-6-10(12)8-11(9)13;2*1-2-4-5-3-1;/h2*5-6,14H,2-4,7H2,1H3;2*1-5H;/q4*-1;+4. The minimum Gasteiger partial charge on any atom is -0.236 e. The van der Waals surface area contributed by atoms with Crippen molar-refractivity contribution < 1.29 is 56.1 Å². The van der Waals surface area contributed by atoms with Crippen LogP contribution in [0.25, 0.3) is 0 Å². The van der Waals surface area contributed by atoms with Crippen molar-refractivity contribution in [2.45, 2.75) is 39.5 Å². The molecule has 6 nitrogen and oxygen atoms in total. The van der Waals surface area contributed by atoms with Crippen molar-refractivity contribution in [2.75, 3.05) is 24.6 Å². The van der Waals surface area contributed by atoms with Gasteiger partial charge in [0.15, 0.2) is 0 Å². The smallest absolute Gasteiger partial charge is 0.236 e. The second-order valence-corrected chi connectivity index (χ2v) is 13.2. The van der Waals surface area contributed by atoms with Crippen molar-refractivity contribution in [1.82, 2.24) is 9.44 Å². The minimum atomic E-state index is -3.20. The summed E-state index contributed by atoms with van der Waals surface area (Å²) in [6, 6.07) is 28.8. The molecule has 0 saturated carbocycles. The molecule has 0 unspecified atom stereocenters. The van der Waals surface area contributed by atoms with Crippen molar-refractivity contribution >= 4 is 20.0 Å². The van der Waals surface area contributed by atoms with Gasteiger partial charge >= 0.3 is 21.7 Å². The first-order valence-electron chi connectivity index (χ1n) is 13.9. The Hall–Kier alpha value is -2.61. The number of halogens is 4. The first-order valence-corrected chi connectivity index (χ1v) is 17.2. The molecule has 244 valence electrons. The SMILES string of the molecule is CCS(=O)(=O)NCCCc1ccc(F)[c-]c1F.CCS(=O)(=O)NCCCc1ccc(F)[c-]c1F.[Ti+4].c1cc[cH-]c1.c1cc[cH-]c1. The Morgan fingerprint density at radius 2 is 0.956 bits per heavy atom. The summed E-state index contributed by atoms with van der Waals surface area (Å²) in [4.78, 5) is 0. The fraction of sp³-hybridized carbons (Fsp3) is 0.312. The van der Waals surface area contributed by atoms with Crippen LogP contribution in [-0.4, -0.2) is 41.4 Å². The predicted octanol–water partition coefficient (Wildman–Crippen LogP) is 6.08. The van der Waals surface area contributed by atoms with Gasteiger partial charge in [-0.2, -0.15) is 48.5 Å². The summed E-state index contributed by atoms with van der Waals surface area (Å²) in [5, 5.41) is 0. The van der Waals surface area contributed by atoms with E-state index in [1.54, 1.807) is 0 Å². The van der Waals surface area contributed by atoms with Crippen molar-refractivity contribution in [3.8, 4) is 0 Å². The van der Waals surface area contributed by atoms with Gasteiger partial charge in [-0.25, -0.2) is 68.1 Å². The molecule has 0 aromatic heterocycles. The van der Waals surface area contributed by atoms with E-state index < -0.39 is 43.3 Å². The maximum Gasteiger partial charge on any atom is 4.00 e. The first kappa shape index (κ1) is 42.4. The van der Waals surface area contributed by atoms with Gasteiger partial charge in [-0.15, -0.1) is 35.4 Å². The van der Waals surface area contributed by atoms with Crippen LogP contribution in [0.4, 0.5) is 17.6 Å². The van der Waals surface area contributed by atoms with Crippen LogP contribution in [0.2, 0.25) is 0 Å². The van der Waals surface area contributed by atoms with Crippen LogP contribution in [0, 0.1) is 35.4 Å². The number of hydrogen-bond donors (Lipinski definition) is 2. The summed E-state index contributed by atoms with van der Waals surface area (Å²) in [5.74, 6) is -2.88. The van der Waals surface area contributed by atoms with Crippen molar-refractivity contribution in [3.63, 3.8) is 0 Å². The summed E-state index contributed by atoms with van der Waals surface area (Å²) in [7, 11) is -6.40. The largest absolute Gasteiger partial charge is 4.00 e. The molecule has 13 heteroatoms. The third-order valence-electron chi connectivity index (χ3n) is 5.64. The van der Waals surface area contributed by atoms with Crippen molar-refractivity contribution in [2.24, 2.45) is 0 Å². The van der Waals surface area contributed by atoms with Crippen LogP contribution < -0.4 is 9.44 Å². The number of sulfonamides is 2. The number of aryl methyl sites for hydroxylation is 2. The van der Waals surface area contributed by atoms with Crippen LogP contribution in [-0.2, 0) is 54.6 Å². The fourth-order valence-electron chi connectivity index (χ4n) is 3.19. The molecule has 4 aromatic carbocycles. The molecule has 4 rings (SSSR count). The van der Waals surface area contributed by atoms with E-state index in [1.165, 1.54) is 26.0 Å². The molecule has 45 heavy (non-hydrogen) atoms. The maximum atomic E-state index is 13.1. The molecule has 0 saturated heterocycles. The molecule has 0 fully saturated rings. The molecule has 0 amide bonds. The van der Waals surface area contributed by atoms with Crippen LogP contribution in [0.15, 0.2) is 84.9 Å². The zero-order chi connectivity index (χ0) is 32.8. The monoisotopic (exact) mass is 702 g/mol. The van der Waals surface area contributed by atoms with Gasteiger partial charge in [-0.05, 0) is 26.7 Å². The molecule has 0 aliphatic heterocycles. The molecule has 0 bridgehead atoms. The Labute approximate surface area is 280 Å². The molecule has 0 atom stereocenters. The van der Waals surface area contributed by atoms with Crippen LogP contribution in [0.1, 0.15) is 37.8 Å². The van der Waals surface area contributed by atoms with Gasteiger partial charge in [0, 0.05) is 36.4 Å². The van der Waals surface area contributed by atoms with E-state index in [0.29, 0.717) is 36.8 Å². The third kappa shape index (κ3) is 20.9. The molecule has 0 aliphatic carbocycles. The van der Waals surface area contributed by atoms with E-state index in [0.717, 1.165) is 12.1 Å². The van der Waals surface area contributed by atoms with Crippen molar-refractivity contribution in [1.29, 1.82) is 0 Å². The van der Waals surface area contributed by atoms with E-state index in [4.69, 9.17) is 0 Å². The quantitative estimate of drug-likeness (QED) is 0.0811. The molecule has 0 heterocycles. The zero-order valence-corrected chi connectivity index (χ0v) is 28.4. The predicted molar refractivity (Wildman–Crippen MR) is 166 cm³/mol. The maximum absolute atomic E-state index is 13.1. The normalized spacial score (nSPS) is 10.6. The number of nitrogens with one attached hydrogen (secondary N) is 2. The van der Waals surface area contributed by atoms with Crippen molar-refractivity contribution in [3.05, 3.63) is 131 Å². The van der Waals surface area contributed by atoms with Gasteiger partial charge in [0.1, 0.15) is 0 Å². The topological polar surface area (TPSA) is 92.3 Å². The molecular weight excluding hydrogens is 664 g/mol. The second kappa shape index (κ2) is 23.7. The molecule has 0 spiro atoms. The van der Waals surface area contributed by atoms with E-state index in [1.807, 2.05) is 72.8 Å². The first-order chi connectivity index (χ1) is 20.9. The van der Waals surface area contributed by atoms with Gasteiger partial charge in [0.2, 0.25) is 20.0 Å². The fourth-order valence-corrected chi connectivity index (χ4v) is 4.51. The number of benzene rings is 2. The minimum absolute atomic E-state index is 0. The molecule has 0 radical (unpaired) electrons. The van der Waals surface area contributed by atoms with Gasteiger partial charge in [-0.3, -0.25) is 0 Å². The van der Waals surface area contributed by atoms with Gasteiger partial charge < -0.3 is 0 Å². The third-order valence-corrected chi connectivity index (χ3v) is 8.45. The number of rotatable bonds is 12. The van der Waals surface area contributed by atoms with Gasteiger partial charge in [0.25, 0.3) is 0 Å². The Morgan fingerprint density at radius 1 is 0.622 bits per heavy atom. The van der Waals surface area contributed by atoms with Crippen LogP contribution in [0.5, 0.6) is 0 Å². The van der Waals surface area contributed by atoms with Crippen LogP contribution in [0.3, 0.4) is 0 Å². The van der Waals surface area contributed by atoms with Crippen LogP contribution >= 0.6 is 0 Å². The Balaban J connectivity index is 0.000000644. The zero-order valence-electron chi connectivity index (χ0n) is 25.2. The summed E-state index contributed by atoms with van der Waals surface area (Å²) in [6.45, 7) is 3.56.